The monoisotopic (exact) mass is 286 g/mol. The zero-order chi connectivity index (χ0) is 15.7. The summed E-state index contributed by atoms with van der Waals surface area (Å²) in [5.74, 6) is 0.700. The largest absolute Gasteiger partial charge is 0.365 e. The Hall–Kier alpha value is -2.09. The number of carbonyl (C=O) groups excluding carboxylic acids is 1. The first-order chi connectivity index (χ1) is 9.72. The van der Waals surface area contributed by atoms with Crippen molar-refractivity contribution >= 4 is 11.7 Å². The molecule has 1 atom stereocenters. The van der Waals surface area contributed by atoms with E-state index in [1.165, 1.54) is 0 Å². The molecule has 5 nitrogen and oxygen atoms in total. The number of amides is 1. The molecule has 21 heavy (non-hydrogen) atoms. The second kappa shape index (κ2) is 5.36. The Labute approximate surface area is 126 Å². The highest BCUT2D eigenvalue weighted by molar-refractivity contribution is 5.94. The number of nitrogens with one attached hydrogen (secondary N) is 1. The molecule has 0 aliphatic carbocycles. The lowest BCUT2D eigenvalue weighted by Crippen LogP contribution is -2.31. The number of anilines is 1. The van der Waals surface area contributed by atoms with Crippen molar-refractivity contribution in [2.75, 3.05) is 18.4 Å². The number of hydrogen-bond acceptors (Lipinski definition) is 4. The van der Waals surface area contributed by atoms with Gasteiger partial charge in [0.05, 0.1) is 17.0 Å². The lowest BCUT2D eigenvalue weighted by molar-refractivity contribution is 0.0782. The van der Waals surface area contributed by atoms with E-state index in [1.807, 2.05) is 13.0 Å². The highest BCUT2D eigenvalue weighted by Gasteiger charge is 2.36. The van der Waals surface area contributed by atoms with Crippen LogP contribution in [-0.4, -0.2) is 34.4 Å². The molecule has 2 heterocycles. The van der Waals surface area contributed by atoms with Gasteiger partial charge >= 0.3 is 0 Å². The van der Waals surface area contributed by atoms with Crippen molar-refractivity contribution in [1.29, 1.82) is 5.26 Å². The molecular weight excluding hydrogens is 264 g/mol. The number of likely N-dealkylation sites (tertiary alicyclic amines) is 1. The van der Waals surface area contributed by atoms with Crippen molar-refractivity contribution in [2.24, 2.45) is 5.41 Å². The second-order valence-corrected chi connectivity index (χ2v) is 6.96. The van der Waals surface area contributed by atoms with Crippen LogP contribution < -0.4 is 5.32 Å². The maximum atomic E-state index is 12.4. The number of aromatic nitrogens is 1. The molecule has 0 unspecified atom stereocenters. The van der Waals surface area contributed by atoms with Crippen molar-refractivity contribution in [2.45, 2.75) is 39.7 Å². The van der Waals surface area contributed by atoms with Crippen LogP contribution in [0.25, 0.3) is 0 Å². The van der Waals surface area contributed by atoms with Crippen LogP contribution in [0.3, 0.4) is 0 Å². The molecule has 1 amide bonds. The van der Waals surface area contributed by atoms with E-state index in [2.05, 4.69) is 37.1 Å². The molecule has 1 saturated heterocycles. The van der Waals surface area contributed by atoms with Gasteiger partial charge in [-0.25, -0.2) is 4.98 Å². The highest BCUT2D eigenvalue weighted by Crippen LogP contribution is 2.29. The molecule has 5 heteroatoms. The molecule has 1 aliphatic heterocycles. The van der Waals surface area contributed by atoms with E-state index in [9.17, 15) is 4.79 Å². The normalized spacial score (nSPS) is 22.0. The zero-order valence-corrected chi connectivity index (χ0v) is 13.1. The maximum absolute atomic E-state index is 12.4. The Balaban J connectivity index is 2.06. The molecule has 112 valence electrons. The minimum Gasteiger partial charge on any atom is -0.365 e. The van der Waals surface area contributed by atoms with Gasteiger partial charge in [-0.3, -0.25) is 4.79 Å². The molecule has 0 saturated carbocycles. The summed E-state index contributed by atoms with van der Waals surface area (Å²) in [5, 5.41) is 12.4. The average Bonchev–Trinajstić information content (AvgIpc) is 2.80. The predicted octanol–water partition coefficient (Wildman–Crippen LogP) is 2.67. The first-order valence-electron chi connectivity index (χ1n) is 7.17. The number of nitriles is 1. The molecule has 0 radical (unpaired) electrons. The van der Waals surface area contributed by atoms with Gasteiger partial charge in [0.2, 0.25) is 0 Å². The fourth-order valence-corrected chi connectivity index (χ4v) is 2.39. The van der Waals surface area contributed by atoms with Gasteiger partial charge in [0.25, 0.3) is 5.91 Å². The number of hydrogen-bond donors (Lipinski definition) is 1. The average molecular weight is 286 g/mol. The Bertz CT molecular complexity index is 567. The minimum atomic E-state index is -0.420. The van der Waals surface area contributed by atoms with Crippen molar-refractivity contribution < 1.29 is 4.79 Å². The van der Waals surface area contributed by atoms with Crippen LogP contribution in [0, 0.1) is 16.7 Å². The van der Waals surface area contributed by atoms with Crippen LogP contribution in [0.1, 0.15) is 44.5 Å². The van der Waals surface area contributed by atoms with Crippen LogP contribution >= 0.6 is 0 Å². The van der Waals surface area contributed by atoms with Crippen molar-refractivity contribution in [3.05, 3.63) is 23.9 Å². The predicted molar refractivity (Wildman–Crippen MR) is 81.9 cm³/mol. The van der Waals surface area contributed by atoms with E-state index in [-0.39, 0.29) is 11.4 Å². The third-order valence-corrected chi connectivity index (χ3v) is 3.54. The summed E-state index contributed by atoms with van der Waals surface area (Å²) < 4.78 is 0. The Morgan fingerprint density at radius 1 is 1.48 bits per heavy atom. The number of carbonyl (C=O) groups is 1. The summed E-state index contributed by atoms with van der Waals surface area (Å²) in [5.41, 5.74) is 0.0791. The fourth-order valence-electron chi connectivity index (χ4n) is 2.39. The number of nitrogens with zero attached hydrogens (tertiary/aromatic N) is 3. The summed E-state index contributed by atoms with van der Waals surface area (Å²) in [6.07, 6.45) is 2.32. The lowest BCUT2D eigenvalue weighted by atomic mass is 9.92. The third-order valence-electron chi connectivity index (χ3n) is 3.54. The second-order valence-electron chi connectivity index (χ2n) is 6.96. The van der Waals surface area contributed by atoms with Crippen molar-refractivity contribution in [3.8, 4) is 6.07 Å². The van der Waals surface area contributed by atoms with Gasteiger partial charge in [-0.15, -0.1) is 0 Å². The van der Waals surface area contributed by atoms with Crippen molar-refractivity contribution in [1.82, 2.24) is 9.88 Å². The van der Waals surface area contributed by atoms with Gasteiger partial charge < -0.3 is 10.2 Å². The van der Waals surface area contributed by atoms with E-state index in [0.29, 0.717) is 18.7 Å². The first-order valence-corrected chi connectivity index (χ1v) is 7.17. The van der Waals surface area contributed by atoms with Crippen molar-refractivity contribution in [3.63, 3.8) is 0 Å². The molecule has 0 spiro atoms. The van der Waals surface area contributed by atoms with Crippen LogP contribution in [-0.2, 0) is 0 Å². The smallest absolute Gasteiger partial charge is 0.255 e. The Morgan fingerprint density at radius 2 is 2.19 bits per heavy atom. The van der Waals surface area contributed by atoms with E-state index < -0.39 is 5.41 Å². The van der Waals surface area contributed by atoms with Gasteiger partial charge in [0.15, 0.2) is 0 Å². The van der Waals surface area contributed by atoms with Gasteiger partial charge in [-0.05, 0) is 46.2 Å². The van der Waals surface area contributed by atoms with Gasteiger partial charge in [0.1, 0.15) is 5.82 Å². The van der Waals surface area contributed by atoms with E-state index >= 15 is 0 Å². The SMILES string of the molecule is CC(C)(C)Nc1ccc(C(=O)N2CC[C@](C)(C#N)C2)cn1. The molecule has 1 aromatic heterocycles. The fraction of sp³-hybridized carbons (Fsp3) is 0.562. The van der Waals surface area contributed by atoms with E-state index in [0.717, 1.165) is 12.2 Å². The van der Waals surface area contributed by atoms with E-state index in [4.69, 9.17) is 5.26 Å². The summed E-state index contributed by atoms with van der Waals surface area (Å²) in [4.78, 5) is 18.4. The number of rotatable bonds is 2. The van der Waals surface area contributed by atoms with Gasteiger partial charge in [0, 0.05) is 24.8 Å². The summed E-state index contributed by atoms with van der Waals surface area (Å²) >= 11 is 0. The topological polar surface area (TPSA) is 69.0 Å². The molecule has 1 fully saturated rings. The third kappa shape index (κ3) is 3.72. The molecular formula is C16H22N4O. The quantitative estimate of drug-likeness (QED) is 0.907. The Kier molecular flexibility index (Phi) is 3.91. The summed E-state index contributed by atoms with van der Waals surface area (Å²) in [7, 11) is 0. The summed E-state index contributed by atoms with van der Waals surface area (Å²) in [6, 6.07) is 5.89. The van der Waals surface area contributed by atoms with Gasteiger partial charge in [-0.1, -0.05) is 0 Å². The number of pyridine rings is 1. The molecule has 2 rings (SSSR count). The molecule has 1 N–H and O–H groups in total. The standard InChI is InChI=1S/C16H22N4O/c1-15(2,3)19-13-6-5-12(9-18-13)14(21)20-8-7-16(4,10-17)11-20/h5-6,9H,7-8,11H2,1-4H3,(H,18,19)/t16-/m1/s1. The molecule has 1 aliphatic rings. The van der Waals surface area contributed by atoms with E-state index in [1.54, 1.807) is 17.2 Å². The zero-order valence-electron chi connectivity index (χ0n) is 13.1. The highest BCUT2D eigenvalue weighted by atomic mass is 16.2. The molecule has 1 aromatic rings. The Morgan fingerprint density at radius 3 is 2.67 bits per heavy atom. The first kappa shape index (κ1) is 15.3. The van der Waals surface area contributed by atoms with Gasteiger partial charge in [-0.2, -0.15) is 5.26 Å². The van der Waals surface area contributed by atoms with Crippen LogP contribution in [0.4, 0.5) is 5.82 Å². The lowest BCUT2D eigenvalue weighted by Gasteiger charge is -2.21. The summed E-state index contributed by atoms with van der Waals surface area (Å²) in [6.45, 7) is 9.19. The van der Waals surface area contributed by atoms with Crippen LogP contribution in [0.2, 0.25) is 0 Å². The minimum absolute atomic E-state index is 0.0521. The van der Waals surface area contributed by atoms with Crippen LogP contribution in [0.5, 0.6) is 0 Å². The maximum Gasteiger partial charge on any atom is 0.255 e. The molecule has 0 aromatic carbocycles. The molecule has 0 bridgehead atoms. The van der Waals surface area contributed by atoms with Crippen LogP contribution in [0.15, 0.2) is 18.3 Å².